The van der Waals surface area contributed by atoms with Gasteiger partial charge in [-0.05, 0) is 33.8 Å². The maximum atomic E-state index is 12.1. The molecule has 0 aliphatic carbocycles. The van der Waals surface area contributed by atoms with E-state index in [4.69, 9.17) is 9.52 Å². The van der Waals surface area contributed by atoms with Crippen LogP contribution in [0.5, 0.6) is 0 Å². The molecule has 0 radical (unpaired) electrons. The first-order valence-corrected chi connectivity index (χ1v) is 7.23. The van der Waals surface area contributed by atoms with Crippen LogP contribution in [0.1, 0.15) is 44.6 Å². The average molecular weight is 303 g/mol. The highest BCUT2D eigenvalue weighted by Gasteiger charge is 2.31. The van der Waals surface area contributed by atoms with Crippen LogP contribution in [0.4, 0.5) is 0 Å². The van der Waals surface area contributed by atoms with Crippen LogP contribution in [-0.2, 0) is 9.59 Å². The van der Waals surface area contributed by atoms with Crippen molar-refractivity contribution < 1.29 is 19.1 Å². The van der Waals surface area contributed by atoms with Gasteiger partial charge >= 0.3 is 5.97 Å². The summed E-state index contributed by atoms with van der Waals surface area (Å²) in [6, 6.07) is 7.37. The molecule has 2 N–H and O–H groups in total. The van der Waals surface area contributed by atoms with Gasteiger partial charge in [0, 0.05) is 17.4 Å². The van der Waals surface area contributed by atoms with Crippen LogP contribution in [0.3, 0.4) is 0 Å². The smallest absolute Gasteiger partial charge is 0.309 e. The number of carbonyl (C=O) groups is 2. The Bertz CT molecular complexity index is 715. The lowest BCUT2D eigenvalue weighted by Crippen LogP contribution is -2.34. The zero-order valence-electron chi connectivity index (χ0n) is 13.3. The second-order valence-electron chi connectivity index (χ2n) is 6.24. The summed E-state index contributed by atoms with van der Waals surface area (Å²) in [5.74, 6) is -0.599. The lowest BCUT2D eigenvalue weighted by atomic mass is 9.89. The number of carbonyl (C=O) groups excluding carboxylic acids is 1. The molecule has 1 unspecified atom stereocenters. The predicted octanol–water partition coefficient (Wildman–Crippen LogP) is 3.42. The van der Waals surface area contributed by atoms with Crippen LogP contribution < -0.4 is 5.32 Å². The molecule has 0 saturated heterocycles. The summed E-state index contributed by atoms with van der Waals surface area (Å²) >= 11 is 0. The van der Waals surface area contributed by atoms with E-state index in [0.717, 1.165) is 16.5 Å². The summed E-state index contributed by atoms with van der Waals surface area (Å²) in [6.45, 7) is 6.85. The molecule has 1 amide bonds. The third-order valence-electron chi connectivity index (χ3n) is 3.83. The van der Waals surface area contributed by atoms with Gasteiger partial charge in [-0.1, -0.05) is 18.2 Å². The first-order valence-electron chi connectivity index (χ1n) is 7.23. The summed E-state index contributed by atoms with van der Waals surface area (Å²) < 4.78 is 5.81. The molecule has 1 heterocycles. The molecule has 2 rings (SSSR count). The first-order chi connectivity index (χ1) is 10.2. The molecule has 1 aromatic heterocycles. The number of hydrogen-bond acceptors (Lipinski definition) is 3. The fraction of sp³-hybridized carbons (Fsp3) is 0.412. The van der Waals surface area contributed by atoms with Crippen LogP contribution in [0.25, 0.3) is 11.0 Å². The number of rotatable bonds is 5. The van der Waals surface area contributed by atoms with E-state index in [2.05, 4.69) is 5.32 Å². The molecule has 0 saturated carbocycles. The molecule has 0 aliphatic heterocycles. The van der Waals surface area contributed by atoms with Crippen molar-refractivity contribution in [2.75, 3.05) is 0 Å². The van der Waals surface area contributed by atoms with E-state index in [1.807, 2.05) is 38.1 Å². The topological polar surface area (TPSA) is 79.5 Å². The van der Waals surface area contributed by atoms with Gasteiger partial charge in [-0.15, -0.1) is 0 Å². The lowest BCUT2D eigenvalue weighted by Gasteiger charge is -2.20. The normalized spacial score (nSPS) is 13.1. The largest absolute Gasteiger partial charge is 0.481 e. The third-order valence-corrected chi connectivity index (χ3v) is 3.83. The molecule has 0 spiro atoms. The van der Waals surface area contributed by atoms with E-state index < -0.39 is 11.4 Å². The molecular weight excluding hydrogens is 282 g/mol. The highest BCUT2D eigenvalue weighted by atomic mass is 16.4. The van der Waals surface area contributed by atoms with Crippen LogP contribution in [0, 0.1) is 12.3 Å². The van der Waals surface area contributed by atoms with E-state index >= 15 is 0 Å². The molecular formula is C17H21NO4. The highest BCUT2D eigenvalue weighted by Crippen LogP contribution is 2.29. The van der Waals surface area contributed by atoms with Crippen molar-refractivity contribution >= 4 is 22.8 Å². The first kappa shape index (κ1) is 16.1. The maximum absolute atomic E-state index is 12.1. The second kappa shape index (κ2) is 5.83. The van der Waals surface area contributed by atoms with Gasteiger partial charge in [0.1, 0.15) is 11.3 Å². The number of amides is 1. The van der Waals surface area contributed by atoms with E-state index in [1.165, 1.54) is 13.8 Å². The van der Waals surface area contributed by atoms with Gasteiger partial charge in [0.05, 0.1) is 11.5 Å². The summed E-state index contributed by atoms with van der Waals surface area (Å²) in [5, 5.41) is 12.9. The standard InChI is InChI=1S/C17H21NO4/c1-10-12-7-5-6-8-13(12)22-15(10)11(2)18-14(19)9-17(3,4)16(20)21/h5-8,11H,9H2,1-4H3,(H,18,19)(H,20,21). The van der Waals surface area contributed by atoms with E-state index in [9.17, 15) is 9.59 Å². The highest BCUT2D eigenvalue weighted by molar-refractivity contribution is 5.85. The van der Waals surface area contributed by atoms with Gasteiger partial charge in [0.2, 0.25) is 5.91 Å². The number of nitrogens with one attached hydrogen (secondary N) is 1. The monoisotopic (exact) mass is 303 g/mol. The number of hydrogen-bond donors (Lipinski definition) is 2. The van der Waals surface area contributed by atoms with Gasteiger partial charge < -0.3 is 14.8 Å². The molecule has 5 nitrogen and oxygen atoms in total. The van der Waals surface area contributed by atoms with Gasteiger partial charge in [-0.25, -0.2) is 0 Å². The molecule has 118 valence electrons. The second-order valence-corrected chi connectivity index (χ2v) is 6.24. The third kappa shape index (κ3) is 3.13. The quantitative estimate of drug-likeness (QED) is 0.887. The fourth-order valence-electron chi connectivity index (χ4n) is 2.44. The number of para-hydroxylation sites is 1. The van der Waals surface area contributed by atoms with Crippen molar-refractivity contribution in [3.63, 3.8) is 0 Å². The van der Waals surface area contributed by atoms with Crippen molar-refractivity contribution in [3.05, 3.63) is 35.6 Å². The molecule has 0 bridgehead atoms. The molecule has 0 aliphatic rings. The Labute approximate surface area is 129 Å². The summed E-state index contributed by atoms with van der Waals surface area (Å²) in [6.07, 6.45) is -0.0774. The Kier molecular flexibility index (Phi) is 4.26. The van der Waals surface area contributed by atoms with Crippen molar-refractivity contribution in [2.24, 2.45) is 5.41 Å². The SMILES string of the molecule is Cc1c(C(C)NC(=O)CC(C)(C)C(=O)O)oc2ccccc12. The number of aliphatic carboxylic acids is 1. The number of furan rings is 1. The van der Waals surface area contributed by atoms with Gasteiger partial charge in [-0.2, -0.15) is 0 Å². The Morgan fingerprint density at radius 2 is 1.95 bits per heavy atom. The number of carboxylic acids is 1. The lowest BCUT2D eigenvalue weighted by molar-refractivity contribution is -0.149. The molecule has 1 aromatic carbocycles. The van der Waals surface area contributed by atoms with Crippen molar-refractivity contribution in [1.82, 2.24) is 5.32 Å². The molecule has 5 heteroatoms. The van der Waals surface area contributed by atoms with Gasteiger partial charge in [0.25, 0.3) is 0 Å². The minimum absolute atomic E-state index is 0.0774. The van der Waals surface area contributed by atoms with Gasteiger partial charge in [-0.3, -0.25) is 9.59 Å². The Morgan fingerprint density at radius 3 is 2.55 bits per heavy atom. The predicted molar refractivity (Wildman–Crippen MR) is 83.5 cm³/mol. The molecule has 0 fully saturated rings. The summed E-state index contributed by atoms with van der Waals surface area (Å²) in [4.78, 5) is 23.1. The zero-order valence-corrected chi connectivity index (χ0v) is 13.3. The zero-order chi connectivity index (χ0) is 16.5. The molecule has 22 heavy (non-hydrogen) atoms. The Balaban J connectivity index is 2.14. The minimum atomic E-state index is -1.09. The number of fused-ring (bicyclic) bond motifs is 1. The van der Waals surface area contributed by atoms with Gasteiger partial charge in [0.15, 0.2) is 0 Å². The number of benzene rings is 1. The van der Waals surface area contributed by atoms with Crippen molar-refractivity contribution in [1.29, 1.82) is 0 Å². The molecule has 1 atom stereocenters. The van der Waals surface area contributed by atoms with Crippen LogP contribution in [-0.4, -0.2) is 17.0 Å². The minimum Gasteiger partial charge on any atom is -0.481 e. The average Bonchev–Trinajstić information content (AvgIpc) is 2.76. The maximum Gasteiger partial charge on any atom is 0.309 e. The summed E-state index contributed by atoms with van der Waals surface area (Å²) in [5.41, 5.74) is 0.676. The number of aryl methyl sites for hydroxylation is 1. The van der Waals surface area contributed by atoms with Crippen molar-refractivity contribution in [2.45, 2.75) is 40.2 Å². The summed E-state index contributed by atoms with van der Waals surface area (Å²) in [7, 11) is 0. The Morgan fingerprint density at radius 1 is 1.32 bits per heavy atom. The van der Waals surface area contributed by atoms with E-state index in [1.54, 1.807) is 0 Å². The van der Waals surface area contributed by atoms with E-state index in [0.29, 0.717) is 5.76 Å². The van der Waals surface area contributed by atoms with Crippen LogP contribution in [0.2, 0.25) is 0 Å². The Hall–Kier alpha value is -2.30. The number of carboxylic acid groups (broad SMARTS) is 1. The van der Waals surface area contributed by atoms with E-state index in [-0.39, 0.29) is 18.4 Å². The van der Waals surface area contributed by atoms with Crippen LogP contribution >= 0.6 is 0 Å². The fourth-order valence-corrected chi connectivity index (χ4v) is 2.44. The molecule has 2 aromatic rings. The van der Waals surface area contributed by atoms with Crippen LogP contribution in [0.15, 0.2) is 28.7 Å². The van der Waals surface area contributed by atoms with Crippen molar-refractivity contribution in [3.8, 4) is 0 Å².